The van der Waals surface area contributed by atoms with Crippen LogP contribution in [0.4, 0.5) is 4.79 Å². The van der Waals surface area contributed by atoms with Crippen LogP contribution >= 0.6 is 0 Å². The largest absolute Gasteiger partial charge is 0.510 e. The first-order valence-corrected chi connectivity index (χ1v) is 2.93. The van der Waals surface area contributed by atoms with Crippen LogP contribution in [0.25, 0.3) is 0 Å². The van der Waals surface area contributed by atoms with Gasteiger partial charge in [-0.1, -0.05) is 6.58 Å². The Morgan fingerprint density at radius 2 is 2.45 bits per heavy atom. The molecule has 0 spiro atoms. The lowest BCUT2D eigenvalue weighted by Crippen LogP contribution is -1.89. The summed E-state index contributed by atoms with van der Waals surface area (Å²) in [6.45, 7) is 3.95. The molecule has 0 bridgehead atoms. The second-order valence-electron chi connectivity index (χ2n) is 1.69. The number of epoxide rings is 1. The fraction of sp³-hybridized carbons (Fsp3) is 0.500. The zero-order valence-corrected chi connectivity index (χ0v) is 5.90. The quantitative estimate of drug-likeness (QED) is 0.344. The highest BCUT2D eigenvalue weighted by Crippen LogP contribution is 2.04. The van der Waals surface area contributed by atoms with Gasteiger partial charge >= 0.3 is 6.16 Å². The zero-order chi connectivity index (χ0) is 8.69. The summed E-state index contributed by atoms with van der Waals surface area (Å²) in [4.78, 5) is 9.31. The number of carboxylic acid groups (broad SMARTS) is 1. The molecular formula is C6H10O5. The molecule has 1 atom stereocenters. The lowest BCUT2D eigenvalue weighted by molar-refractivity contribution is 0.128. The van der Waals surface area contributed by atoms with Gasteiger partial charge in [0.1, 0.15) is 6.10 Å². The Labute approximate surface area is 63.9 Å². The van der Waals surface area contributed by atoms with Crippen LogP contribution in [-0.4, -0.2) is 35.7 Å². The molecule has 1 saturated heterocycles. The summed E-state index contributed by atoms with van der Waals surface area (Å²) in [6, 6.07) is 0. The van der Waals surface area contributed by atoms with Crippen molar-refractivity contribution in [2.75, 3.05) is 13.2 Å². The van der Waals surface area contributed by atoms with Crippen LogP contribution in [0.1, 0.15) is 0 Å². The smallest absolute Gasteiger partial charge is 0.449 e. The van der Waals surface area contributed by atoms with E-state index in [0.717, 1.165) is 12.9 Å². The van der Waals surface area contributed by atoms with Gasteiger partial charge in [-0.3, -0.25) is 0 Å². The van der Waals surface area contributed by atoms with Crippen molar-refractivity contribution < 1.29 is 24.5 Å². The molecule has 1 aliphatic heterocycles. The summed E-state index contributed by atoms with van der Waals surface area (Å²) in [5, 5.41) is 15.7. The standard InChI is InChI=1S/C3H4O3.C3H6O2/c1-2-6-3(4)5;4-1-3-2-5-3/h2H,1H2,(H,4,5);3-4H,1-2H2. The monoisotopic (exact) mass is 162 g/mol. The predicted octanol–water partition coefficient (Wildman–Crippen LogP) is 0.202. The summed E-state index contributed by atoms with van der Waals surface area (Å²) < 4.78 is 8.33. The lowest BCUT2D eigenvalue weighted by atomic mass is 10.5. The molecule has 5 nitrogen and oxygen atoms in total. The van der Waals surface area contributed by atoms with Crippen LogP contribution in [0.5, 0.6) is 0 Å². The van der Waals surface area contributed by atoms with Gasteiger partial charge in [-0.25, -0.2) is 4.79 Å². The highest BCUT2D eigenvalue weighted by Gasteiger charge is 2.19. The molecule has 1 aliphatic rings. The molecule has 2 N–H and O–H groups in total. The van der Waals surface area contributed by atoms with Gasteiger partial charge in [0.15, 0.2) is 0 Å². The molecule has 0 amide bonds. The average molecular weight is 162 g/mol. The first-order valence-electron chi connectivity index (χ1n) is 2.93. The normalized spacial score (nSPS) is 19.2. The number of hydrogen-bond acceptors (Lipinski definition) is 4. The minimum absolute atomic E-state index is 0.190. The Morgan fingerprint density at radius 1 is 1.91 bits per heavy atom. The van der Waals surface area contributed by atoms with Crippen molar-refractivity contribution in [2.45, 2.75) is 6.10 Å². The molecule has 1 heterocycles. The Balaban J connectivity index is 0.000000183. The van der Waals surface area contributed by atoms with E-state index in [-0.39, 0.29) is 12.7 Å². The van der Waals surface area contributed by atoms with E-state index in [9.17, 15) is 4.79 Å². The van der Waals surface area contributed by atoms with E-state index in [1.54, 1.807) is 0 Å². The fourth-order valence-electron chi connectivity index (χ4n) is 0.245. The molecule has 0 aromatic carbocycles. The summed E-state index contributed by atoms with van der Waals surface area (Å²) >= 11 is 0. The molecular weight excluding hydrogens is 152 g/mol. The van der Waals surface area contributed by atoms with Gasteiger partial charge in [0.2, 0.25) is 0 Å². The number of aliphatic hydroxyl groups excluding tert-OH is 1. The molecule has 5 heteroatoms. The zero-order valence-electron chi connectivity index (χ0n) is 5.90. The maximum absolute atomic E-state index is 9.31. The van der Waals surface area contributed by atoms with E-state index < -0.39 is 6.16 Å². The van der Waals surface area contributed by atoms with Gasteiger partial charge in [-0.2, -0.15) is 0 Å². The van der Waals surface area contributed by atoms with Crippen molar-refractivity contribution in [3.8, 4) is 0 Å². The van der Waals surface area contributed by atoms with Gasteiger partial charge in [-0.15, -0.1) is 0 Å². The van der Waals surface area contributed by atoms with Crippen molar-refractivity contribution in [1.29, 1.82) is 0 Å². The van der Waals surface area contributed by atoms with E-state index >= 15 is 0 Å². The number of ether oxygens (including phenoxy) is 2. The van der Waals surface area contributed by atoms with Gasteiger partial charge in [0.25, 0.3) is 0 Å². The van der Waals surface area contributed by atoms with Crippen LogP contribution in [0.15, 0.2) is 12.8 Å². The van der Waals surface area contributed by atoms with Gasteiger partial charge in [-0.05, 0) is 0 Å². The topological polar surface area (TPSA) is 79.3 Å². The van der Waals surface area contributed by atoms with E-state index in [1.807, 2.05) is 0 Å². The second kappa shape index (κ2) is 5.70. The van der Waals surface area contributed by atoms with E-state index in [0.29, 0.717) is 0 Å². The first-order chi connectivity index (χ1) is 5.20. The molecule has 1 fully saturated rings. The molecule has 64 valence electrons. The Hall–Kier alpha value is -1.07. The number of carbonyl (C=O) groups is 1. The Morgan fingerprint density at radius 3 is 2.45 bits per heavy atom. The molecule has 0 saturated carbocycles. The van der Waals surface area contributed by atoms with Crippen LogP contribution in [0.2, 0.25) is 0 Å². The molecule has 0 radical (unpaired) electrons. The van der Waals surface area contributed by atoms with Crippen LogP contribution in [-0.2, 0) is 9.47 Å². The molecule has 0 aromatic rings. The van der Waals surface area contributed by atoms with Crippen LogP contribution < -0.4 is 0 Å². The Bertz CT molecular complexity index is 129. The van der Waals surface area contributed by atoms with Gasteiger partial charge < -0.3 is 19.7 Å². The number of hydrogen-bond donors (Lipinski definition) is 2. The predicted molar refractivity (Wildman–Crippen MR) is 36.1 cm³/mol. The maximum Gasteiger partial charge on any atom is 0.510 e. The third-order valence-corrected chi connectivity index (χ3v) is 0.790. The molecule has 11 heavy (non-hydrogen) atoms. The lowest BCUT2D eigenvalue weighted by Gasteiger charge is -1.81. The highest BCUT2D eigenvalue weighted by atomic mass is 16.7. The van der Waals surface area contributed by atoms with Crippen LogP contribution in [0.3, 0.4) is 0 Å². The van der Waals surface area contributed by atoms with E-state index in [4.69, 9.17) is 10.2 Å². The summed E-state index contributed by atoms with van der Waals surface area (Å²) in [6.07, 6.45) is -0.289. The van der Waals surface area contributed by atoms with Gasteiger partial charge in [0.05, 0.1) is 19.5 Å². The van der Waals surface area contributed by atoms with Crippen molar-refractivity contribution in [2.24, 2.45) is 0 Å². The Kier molecular flexibility index (Phi) is 5.14. The van der Waals surface area contributed by atoms with Crippen molar-refractivity contribution in [3.05, 3.63) is 12.8 Å². The summed E-state index contributed by atoms with van der Waals surface area (Å²) in [7, 11) is 0. The SMILES string of the molecule is C=COC(=O)O.OCC1CO1. The molecule has 1 unspecified atom stereocenters. The third-order valence-electron chi connectivity index (χ3n) is 0.790. The van der Waals surface area contributed by atoms with Crippen molar-refractivity contribution >= 4 is 6.16 Å². The second-order valence-corrected chi connectivity index (χ2v) is 1.69. The third kappa shape index (κ3) is 8.93. The van der Waals surface area contributed by atoms with E-state index in [2.05, 4.69) is 16.1 Å². The van der Waals surface area contributed by atoms with Gasteiger partial charge in [0, 0.05) is 0 Å². The highest BCUT2D eigenvalue weighted by molar-refractivity contribution is 5.57. The summed E-state index contributed by atoms with van der Waals surface area (Å²) in [5.41, 5.74) is 0. The van der Waals surface area contributed by atoms with Crippen molar-refractivity contribution in [1.82, 2.24) is 0 Å². The fourth-order valence-corrected chi connectivity index (χ4v) is 0.245. The maximum atomic E-state index is 9.31. The first kappa shape index (κ1) is 9.93. The van der Waals surface area contributed by atoms with Crippen molar-refractivity contribution in [3.63, 3.8) is 0 Å². The number of aliphatic hydroxyl groups is 1. The minimum atomic E-state index is -1.33. The van der Waals surface area contributed by atoms with E-state index in [1.165, 1.54) is 0 Å². The molecule has 1 rings (SSSR count). The minimum Gasteiger partial charge on any atom is -0.449 e. The number of rotatable bonds is 2. The average Bonchev–Trinajstić information content (AvgIpc) is 2.69. The summed E-state index contributed by atoms with van der Waals surface area (Å²) in [5.74, 6) is 0. The molecule has 0 aromatic heterocycles. The van der Waals surface area contributed by atoms with Crippen LogP contribution in [0, 0.1) is 0 Å². The molecule has 0 aliphatic carbocycles.